The van der Waals surface area contributed by atoms with Crippen LogP contribution < -0.4 is 10.2 Å². The van der Waals surface area contributed by atoms with Gasteiger partial charge in [0.1, 0.15) is 24.0 Å². The van der Waals surface area contributed by atoms with Gasteiger partial charge >= 0.3 is 0 Å². The van der Waals surface area contributed by atoms with E-state index >= 15 is 0 Å². The number of anilines is 1. The molecule has 0 aliphatic carbocycles. The molecule has 2 aromatic heterocycles. The molecular weight excluding hydrogens is 556 g/mol. The number of rotatable bonds is 7. The second-order valence-electron chi connectivity index (χ2n) is 9.66. The van der Waals surface area contributed by atoms with Crippen molar-refractivity contribution >= 4 is 29.4 Å². The Hall–Kier alpha value is -4.83. The Bertz CT molecular complexity index is 1710. The van der Waals surface area contributed by atoms with Gasteiger partial charge in [0.2, 0.25) is 11.8 Å². The third kappa shape index (κ3) is 5.66. The molecule has 0 saturated carbocycles. The molecule has 1 aliphatic heterocycles. The standard InChI is InChI=1S/C32H25F2N5O2S/c33-23-11-9-22(10-12-23)31-29-30(21-6-2-1-3-7-21)37-39(26-15-13-24(34)14-16-26)32(29)38(28(41)20-42-31)19-27(40)36-18-25-8-4-5-17-35-25/h1-17,31H,18-20H2,(H,36,40). The van der Waals surface area contributed by atoms with Crippen molar-refractivity contribution in [1.82, 2.24) is 20.1 Å². The van der Waals surface area contributed by atoms with Crippen LogP contribution in [-0.4, -0.2) is 38.9 Å². The van der Waals surface area contributed by atoms with Gasteiger partial charge in [-0.15, -0.1) is 11.8 Å². The molecule has 210 valence electrons. The van der Waals surface area contributed by atoms with Crippen LogP contribution in [-0.2, 0) is 16.1 Å². The number of amides is 2. The van der Waals surface area contributed by atoms with Crippen molar-refractivity contribution in [1.29, 1.82) is 0 Å². The molecule has 42 heavy (non-hydrogen) atoms. The Kier molecular flexibility index (Phi) is 7.78. The normalized spacial score (nSPS) is 14.8. The molecule has 0 fully saturated rings. The summed E-state index contributed by atoms with van der Waals surface area (Å²) in [4.78, 5) is 32.7. The zero-order valence-corrected chi connectivity index (χ0v) is 23.1. The van der Waals surface area contributed by atoms with E-state index in [-0.39, 0.29) is 36.5 Å². The molecule has 0 spiro atoms. The van der Waals surface area contributed by atoms with Crippen molar-refractivity contribution < 1.29 is 18.4 Å². The maximum absolute atomic E-state index is 13.9. The third-order valence-electron chi connectivity index (χ3n) is 6.87. The summed E-state index contributed by atoms with van der Waals surface area (Å²) >= 11 is 1.39. The van der Waals surface area contributed by atoms with Crippen LogP contribution in [0.5, 0.6) is 0 Å². The van der Waals surface area contributed by atoms with Crippen molar-refractivity contribution in [2.45, 2.75) is 11.8 Å². The van der Waals surface area contributed by atoms with Crippen molar-refractivity contribution in [3.8, 4) is 16.9 Å². The minimum atomic E-state index is -0.415. The predicted octanol–water partition coefficient (Wildman–Crippen LogP) is 5.70. The summed E-state index contributed by atoms with van der Waals surface area (Å²) in [5.74, 6) is -0.980. The maximum Gasteiger partial charge on any atom is 0.240 e. The molecule has 10 heteroatoms. The number of carbonyl (C=O) groups is 2. The first-order valence-corrected chi connectivity index (χ1v) is 14.3. The zero-order valence-electron chi connectivity index (χ0n) is 22.3. The number of aromatic nitrogens is 3. The van der Waals surface area contributed by atoms with E-state index in [2.05, 4.69) is 10.3 Å². The zero-order chi connectivity index (χ0) is 29.1. The van der Waals surface area contributed by atoms with Crippen LogP contribution in [0.4, 0.5) is 14.6 Å². The lowest BCUT2D eigenvalue weighted by Crippen LogP contribution is -2.42. The Morgan fingerprint density at radius 1 is 0.905 bits per heavy atom. The number of halogens is 2. The minimum Gasteiger partial charge on any atom is -0.349 e. The van der Waals surface area contributed by atoms with Crippen LogP contribution in [0.2, 0.25) is 0 Å². The maximum atomic E-state index is 13.9. The van der Waals surface area contributed by atoms with E-state index in [4.69, 9.17) is 5.10 Å². The van der Waals surface area contributed by atoms with Crippen LogP contribution >= 0.6 is 11.8 Å². The number of nitrogens with zero attached hydrogens (tertiary/aromatic N) is 4. The van der Waals surface area contributed by atoms with Gasteiger partial charge in [-0.2, -0.15) is 5.10 Å². The summed E-state index contributed by atoms with van der Waals surface area (Å²) < 4.78 is 29.5. The highest BCUT2D eigenvalue weighted by Gasteiger charge is 2.37. The van der Waals surface area contributed by atoms with Gasteiger partial charge in [-0.05, 0) is 54.1 Å². The molecule has 1 atom stereocenters. The molecule has 0 bridgehead atoms. The molecule has 0 saturated heterocycles. The Morgan fingerprint density at radius 3 is 2.29 bits per heavy atom. The third-order valence-corrected chi connectivity index (χ3v) is 8.13. The van der Waals surface area contributed by atoms with Gasteiger partial charge in [0.15, 0.2) is 0 Å². The van der Waals surface area contributed by atoms with Crippen LogP contribution in [0.1, 0.15) is 22.1 Å². The average molecular weight is 582 g/mol. The molecule has 0 radical (unpaired) electrons. The van der Waals surface area contributed by atoms with Crippen molar-refractivity contribution in [3.05, 3.63) is 132 Å². The van der Waals surface area contributed by atoms with E-state index < -0.39 is 11.1 Å². The van der Waals surface area contributed by atoms with E-state index in [1.807, 2.05) is 36.4 Å². The largest absolute Gasteiger partial charge is 0.349 e. The fourth-order valence-electron chi connectivity index (χ4n) is 4.88. The molecule has 3 heterocycles. The number of hydrogen-bond donors (Lipinski definition) is 1. The SMILES string of the molecule is O=C(CN1C(=O)CSC(c2ccc(F)cc2)c2c(-c3ccccc3)nn(-c3ccc(F)cc3)c21)NCc1ccccn1. The second-order valence-corrected chi connectivity index (χ2v) is 10.8. The van der Waals surface area contributed by atoms with Gasteiger partial charge in [0.25, 0.3) is 0 Å². The number of carbonyl (C=O) groups excluding carboxylic acids is 2. The van der Waals surface area contributed by atoms with Gasteiger partial charge < -0.3 is 5.32 Å². The molecular formula is C32H25F2N5O2S. The van der Waals surface area contributed by atoms with Crippen molar-refractivity contribution in [2.75, 3.05) is 17.2 Å². The van der Waals surface area contributed by atoms with Crippen LogP contribution in [0.15, 0.2) is 103 Å². The van der Waals surface area contributed by atoms with Crippen LogP contribution in [0.3, 0.4) is 0 Å². The second kappa shape index (κ2) is 12.0. The highest BCUT2D eigenvalue weighted by Crippen LogP contribution is 2.48. The summed E-state index contributed by atoms with van der Waals surface area (Å²) in [7, 11) is 0. The Labute approximate surface area is 245 Å². The number of thioether (sulfide) groups is 1. The minimum absolute atomic E-state index is 0.0713. The first-order chi connectivity index (χ1) is 20.5. The van der Waals surface area contributed by atoms with Gasteiger partial charge in [0, 0.05) is 17.3 Å². The van der Waals surface area contributed by atoms with E-state index in [0.717, 1.165) is 11.1 Å². The Morgan fingerprint density at radius 2 is 1.60 bits per heavy atom. The molecule has 1 unspecified atom stereocenters. The monoisotopic (exact) mass is 581 g/mol. The van der Waals surface area contributed by atoms with E-state index in [1.54, 1.807) is 47.3 Å². The summed E-state index contributed by atoms with van der Waals surface area (Å²) in [6.07, 6.45) is 1.64. The number of pyridine rings is 1. The smallest absolute Gasteiger partial charge is 0.240 e. The summed E-state index contributed by atoms with van der Waals surface area (Å²) in [5.41, 5.74) is 4.09. The van der Waals surface area contributed by atoms with E-state index in [9.17, 15) is 18.4 Å². The van der Waals surface area contributed by atoms with Crippen LogP contribution in [0, 0.1) is 11.6 Å². The van der Waals surface area contributed by atoms with Gasteiger partial charge in [-0.25, -0.2) is 13.5 Å². The lowest BCUT2D eigenvalue weighted by molar-refractivity contribution is -0.123. The number of fused-ring (bicyclic) bond motifs is 1. The average Bonchev–Trinajstić information content (AvgIpc) is 3.34. The van der Waals surface area contributed by atoms with Crippen molar-refractivity contribution in [2.24, 2.45) is 0 Å². The summed E-state index contributed by atoms with van der Waals surface area (Å²) in [5, 5.41) is 7.40. The molecule has 3 aromatic carbocycles. The first-order valence-electron chi connectivity index (χ1n) is 13.3. The fourth-order valence-corrected chi connectivity index (χ4v) is 6.08. The van der Waals surface area contributed by atoms with E-state index in [0.29, 0.717) is 28.5 Å². The first kappa shape index (κ1) is 27.3. The number of hydrogen-bond acceptors (Lipinski definition) is 5. The fraction of sp³-hybridized carbons (Fsp3) is 0.125. The van der Waals surface area contributed by atoms with Gasteiger partial charge in [-0.3, -0.25) is 19.5 Å². The molecule has 6 rings (SSSR count). The summed E-state index contributed by atoms with van der Waals surface area (Å²) in [6.45, 7) is -0.0650. The number of nitrogens with one attached hydrogen (secondary N) is 1. The van der Waals surface area contributed by atoms with Gasteiger partial charge in [-0.1, -0.05) is 48.5 Å². The highest BCUT2D eigenvalue weighted by atomic mass is 32.2. The molecule has 7 nitrogen and oxygen atoms in total. The lowest BCUT2D eigenvalue weighted by Gasteiger charge is -2.23. The molecule has 1 N–H and O–H groups in total. The quantitative estimate of drug-likeness (QED) is 0.267. The molecule has 2 amide bonds. The summed E-state index contributed by atoms with van der Waals surface area (Å²) in [6, 6.07) is 26.9. The molecule has 1 aliphatic rings. The van der Waals surface area contributed by atoms with Gasteiger partial charge in [0.05, 0.1) is 34.6 Å². The lowest BCUT2D eigenvalue weighted by atomic mass is 9.99. The van der Waals surface area contributed by atoms with Crippen LogP contribution in [0.25, 0.3) is 16.9 Å². The molecule has 5 aromatic rings. The Balaban J connectivity index is 1.51. The highest BCUT2D eigenvalue weighted by molar-refractivity contribution is 8.00. The predicted molar refractivity (Wildman–Crippen MR) is 158 cm³/mol. The number of benzene rings is 3. The van der Waals surface area contributed by atoms with E-state index in [1.165, 1.54) is 40.9 Å². The topological polar surface area (TPSA) is 80.1 Å². The van der Waals surface area contributed by atoms with Crippen molar-refractivity contribution in [3.63, 3.8) is 0 Å².